The second kappa shape index (κ2) is 15.6. The molecular formula is C29H51N3O4. The Hall–Kier alpha value is -1.67. The number of benzene rings is 1. The van der Waals surface area contributed by atoms with Crippen molar-refractivity contribution in [1.82, 2.24) is 10.6 Å². The molecule has 1 saturated heterocycles. The average molecular weight is 506 g/mol. The van der Waals surface area contributed by atoms with E-state index < -0.39 is 6.10 Å². The van der Waals surface area contributed by atoms with Gasteiger partial charge in [0.1, 0.15) is 5.75 Å². The molecule has 1 aliphatic heterocycles. The highest BCUT2D eigenvalue weighted by molar-refractivity contribution is 5.79. The van der Waals surface area contributed by atoms with Gasteiger partial charge in [-0.2, -0.15) is 0 Å². The summed E-state index contributed by atoms with van der Waals surface area (Å²) in [6.45, 7) is 13.6. The van der Waals surface area contributed by atoms with E-state index in [-0.39, 0.29) is 29.8 Å². The van der Waals surface area contributed by atoms with E-state index in [9.17, 15) is 9.90 Å². The highest BCUT2D eigenvalue weighted by Crippen LogP contribution is 2.28. The highest BCUT2D eigenvalue weighted by atomic mass is 16.5. The Bertz CT molecular complexity index is 780. The van der Waals surface area contributed by atoms with Crippen LogP contribution < -0.4 is 21.1 Å². The SMILES string of the molecule is COCCCOc1cc(CC(CC(N)C(O)CC(C(=O)N[C@@H]2CCNC2)C(C)C)C(C)C)ccc1C. The molecule has 1 aliphatic rings. The molecule has 4 unspecified atom stereocenters. The van der Waals surface area contributed by atoms with Gasteiger partial charge in [0.2, 0.25) is 5.91 Å². The second-order valence-corrected chi connectivity index (χ2v) is 11.3. The van der Waals surface area contributed by atoms with E-state index in [1.807, 2.05) is 13.8 Å². The van der Waals surface area contributed by atoms with Crippen LogP contribution in [0.3, 0.4) is 0 Å². The predicted octanol–water partition coefficient (Wildman–Crippen LogP) is 3.44. The summed E-state index contributed by atoms with van der Waals surface area (Å²) in [7, 11) is 1.70. The smallest absolute Gasteiger partial charge is 0.223 e. The van der Waals surface area contributed by atoms with Crippen molar-refractivity contribution in [2.75, 3.05) is 33.4 Å². The van der Waals surface area contributed by atoms with Gasteiger partial charge < -0.3 is 30.9 Å². The minimum absolute atomic E-state index is 0.0306. The number of amides is 1. The van der Waals surface area contributed by atoms with Crippen molar-refractivity contribution >= 4 is 5.91 Å². The molecule has 1 aromatic rings. The highest BCUT2D eigenvalue weighted by Gasteiger charge is 2.31. The molecule has 1 amide bonds. The number of hydrogen-bond acceptors (Lipinski definition) is 6. The maximum Gasteiger partial charge on any atom is 0.223 e. The van der Waals surface area contributed by atoms with Crippen LogP contribution in [0.2, 0.25) is 0 Å². The van der Waals surface area contributed by atoms with Crippen LogP contribution in [0.25, 0.3) is 0 Å². The van der Waals surface area contributed by atoms with Gasteiger partial charge in [0.25, 0.3) is 0 Å². The van der Waals surface area contributed by atoms with E-state index in [2.05, 4.69) is 49.6 Å². The van der Waals surface area contributed by atoms with Gasteiger partial charge >= 0.3 is 0 Å². The third kappa shape index (κ3) is 10.0. The van der Waals surface area contributed by atoms with E-state index in [0.717, 1.165) is 43.7 Å². The van der Waals surface area contributed by atoms with Gasteiger partial charge in [-0.25, -0.2) is 0 Å². The van der Waals surface area contributed by atoms with Gasteiger partial charge in [-0.15, -0.1) is 0 Å². The van der Waals surface area contributed by atoms with E-state index >= 15 is 0 Å². The zero-order chi connectivity index (χ0) is 26.7. The number of aliphatic hydroxyl groups is 1. The lowest BCUT2D eigenvalue weighted by atomic mass is 9.80. The maximum absolute atomic E-state index is 12.9. The molecule has 2 rings (SSSR count). The fourth-order valence-electron chi connectivity index (χ4n) is 4.92. The average Bonchev–Trinajstić information content (AvgIpc) is 3.33. The molecule has 0 spiro atoms. The monoisotopic (exact) mass is 505 g/mol. The topological polar surface area (TPSA) is 106 Å². The first-order chi connectivity index (χ1) is 17.1. The molecule has 0 radical (unpaired) electrons. The zero-order valence-corrected chi connectivity index (χ0v) is 23.4. The van der Waals surface area contributed by atoms with Crippen LogP contribution >= 0.6 is 0 Å². The first kappa shape index (κ1) is 30.6. The first-order valence-electron chi connectivity index (χ1n) is 13.8. The van der Waals surface area contributed by atoms with Crippen LogP contribution in [0.1, 0.15) is 64.5 Å². The Morgan fingerprint density at radius 3 is 2.56 bits per heavy atom. The molecule has 0 bridgehead atoms. The summed E-state index contributed by atoms with van der Waals surface area (Å²) < 4.78 is 11.1. The zero-order valence-electron chi connectivity index (χ0n) is 23.4. The van der Waals surface area contributed by atoms with Gasteiger partial charge in [0, 0.05) is 44.7 Å². The minimum Gasteiger partial charge on any atom is -0.493 e. The number of rotatable bonds is 16. The van der Waals surface area contributed by atoms with Crippen LogP contribution in [-0.4, -0.2) is 62.6 Å². The normalized spacial score (nSPS) is 19.3. The van der Waals surface area contributed by atoms with Gasteiger partial charge in [-0.1, -0.05) is 39.8 Å². The summed E-state index contributed by atoms with van der Waals surface area (Å²) in [6.07, 6.45) is 3.05. The molecule has 5 N–H and O–H groups in total. The summed E-state index contributed by atoms with van der Waals surface area (Å²) in [5, 5.41) is 17.5. The lowest BCUT2D eigenvalue weighted by Gasteiger charge is -2.30. The Kier molecular flexibility index (Phi) is 13.2. The molecule has 1 aromatic carbocycles. The van der Waals surface area contributed by atoms with Crippen LogP contribution in [-0.2, 0) is 16.0 Å². The number of methoxy groups -OCH3 is 1. The number of aryl methyl sites for hydroxylation is 1. The molecule has 206 valence electrons. The van der Waals surface area contributed by atoms with Crippen LogP contribution in [0.4, 0.5) is 0 Å². The van der Waals surface area contributed by atoms with Crippen LogP contribution in [0.5, 0.6) is 5.75 Å². The molecule has 36 heavy (non-hydrogen) atoms. The number of carbonyl (C=O) groups is 1. The van der Waals surface area contributed by atoms with Gasteiger partial charge in [0.05, 0.1) is 12.7 Å². The van der Waals surface area contributed by atoms with Gasteiger partial charge in [0.15, 0.2) is 0 Å². The first-order valence-corrected chi connectivity index (χ1v) is 13.8. The maximum atomic E-state index is 12.9. The van der Waals surface area contributed by atoms with Crippen molar-refractivity contribution in [3.05, 3.63) is 29.3 Å². The van der Waals surface area contributed by atoms with Crippen molar-refractivity contribution in [2.45, 2.75) is 84.9 Å². The molecule has 1 fully saturated rings. The van der Waals surface area contributed by atoms with Crippen LogP contribution in [0.15, 0.2) is 18.2 Å². The third-order valence-electron chi connectivity index (χ3n) is 7.56. The number of ether oxygens (including phenoxy) is 2. The van der Waals surface area contributed by atoms with Gasteiger partial charge in [-0.3, -0.25) is 4.79 Å². The van der Waals surface area contributed by atoms with Crippen molar-refractivity contribution in [1.29, 1.82) is 0 Å². The lowest BCUT2D eigenvalue weighted by molar-refractivity contribution is -0.128. The second-order valence-electron chi connectivity index (χ2n) is 11.3. The summed E-state index contributed by atoms with van der Waals surface area (Å²) in [5.41, 5.74) is 8.88. The lowest BCUT2D eigenvalue weighted by Crippen LogP contribution is -2.45. The fourth-order valence-corrected chi connectivity index (χ4v) is 4.92. The minimum atomic E-state index is -0.719. The molecule has 0 aromatic heterocycles. The Balaban J connectivity index is 1.97. The predicted molar refractivity (Wildman–Crippen MR) is 146 cm³/mol. The molecule has 7 nitrogen and oxygen atoms in total. The number of hydrogen-bond donors (Lipinski definition) is 4. The van der Waals surface area contributed by atoms with E-state index in [4.69, 9.17) is 15.2 Å². The third-order valence-corrected chi connectivity index (χ3v) is 7.56. The number of nitrogens with one attached hydrogen (secondary N) is 2. The van der Waals surface area contributed by atoms with Crippen molar-refractivity contribution in [3.8, 4) is 5.75 Å². The number of carbonyl (C=O) groups excluding carboxylic acids is 1. The molecular weight excluding hydrogens is 454 g/mol. The number of aliphatic hydroxyl groups excluding tert-OH is 1. The van der Waals surface area contributed by atoms with Gasteiger partial charge in [-0.05, 0) is 74.1 Å². The summed E-state index contributed by atoms with van der Waals surface area (Å²) in [5.74, 6) is 1.56. The summed E-state index contributed by atoms with van der Waals surface area (Å²) >= 11 is 0. The molecule has 7 heteroatoms. The Morgan fingerprint density at radius 2 is 1.94 bits per heavy atom. The summed E-state index contributed by atoms with van der Waals surface area (Å²) in [6, 6.07) is 6.20. The van der Waals surface area contributed by atoms with Crippen molar-refractivity contribution < 1.29 is 19.4 Å². The standard InChI is InChI=1S/C29H51N3O4/c1-19(2)23(14-22-9-8-21(5)28(15-22)36-13-7-12-35-6)16-26(30)27(33)17-25(20(3)4)29(34)32-24-10-11-31-18-24/h8-9,15,19-20,23-27,31,33H,7,10-14,16-18,30H2,1-6H3,(H,32,34)/t23?,24-,25?,26?,27?/m1/s1. The van der Waals surface area contributed by atoms with Crippen molar-refractivity contribution in [3.63, 3.8) is 0 Å². The molecule has 0 aliphatic carbocycles. The quantitative estimate of drug-likeness (QED) is 0.257. The van der Waals surface area contributed by atoms with E-state index in [1.165, 1.54) is 5.56 Å². The Labute approximate surface area is 218 Å². The number of nitrogens with two attached hydrogens (primary N) is 1. The fraction of sp³-hybridized carbons (Fsp3) is 0.759. The van der Waals surface area contributed by atoms with Crippen LogP contribution in [0, 0.1) is 30.6 Å². The molecule has 0 saturated carbocycles. The van der Waals surface area contributed by atoms with E-state index in [1.54, 1.807) is 7.11 Å². The Morgan fingerprint density at radius 1 is 1.19 bits per heavy atom. The summed E-state index contributed by atoms with van der Waals surface area (Å²) in [4.78, 5) is 12.9. The molecule has 5 atom stereocenters. The van der Waals surface area contributed by atoms with Crippen molar-refractivity contribution in [2.24, 2.45) is 29.4 Å². The largest absolute Gasteiger partial charge is 0.493 e. The van der Waals surface area contributed by atoms with E-state index in [0.29, 0.717) is 37.9 Å². The molecule has 1 heterocycles.